The number of rotatable bonds is 7. The molecule has 0 amide bonds. The van der Waals surface area contributed by atoms with Gasteiger partial charge in [-0.05, 0) is 43.7 Å². The number of aliphatic hydroxyl groups is 1. The number of nitrogens with one attached hydrogen (secondary N) is 2. The van der Waals surface area contributed by atoms with E-state index in [0.29, 0.717) is 43.5 Å². The fourth-order valence-electron chi connectivity index (χ4n) is 2.91. The Hall–Kier alpha value is -3.07. The van der Waals surface area contributed by atoms with Crippen molar-refractivity contribution >= 4 is 39.2 Å². The topological polar surface area (TPSA) is 117 Å². The fourth-order valence-corrected chi connectivity index (χ4v) is 3.74. The number of thioether (sulfide) groups is 1. The highest BCUT2D eigenvalue weighted by Crippen LogP contribution is 2.39. The van der Waals surface area contributed by atoms with Crippen molar-refractivity contribution in [2.24, 2.45) is 0 Å². The SMILES string of the molecule is CCO.COc1cc(-c2ccc(C(=O)Cc3ccc(C(=N)SC(C)=N)cc3)o2)cc(OC)c1Cl. The predicted octanol–water partition coefficient (Wildman–Crippen LogP) is 6.10. The molecular formula is C25H27ClN2O5S. The Morgan fingerprint density at radius 3 is 2.12 bits per heavy atom. The second kappa shape index (κ2) is 13.0. The number of furan rings is 1. The van der Waals surface area contributed by atoms with Crippen LogP contribution in [0.3, 0.4) is 0 Å². The average Bonchev–Trinajstić information content (AvgIpc) is 3.30. The van der Waals surface area contributed by atoms with E-state index in [1.165, 1.54) is 14.2 Å². The van der Waals surface area contributed by atoms with E-state index < -0.39 is 0 Å². The van der Waals surface area contributed by atoms with Gasteiger partial charge in [0.15, 0.2) is 5.76 Å². The molecule has 7 nitrogen and oxygen atoms in total. The Morgan fingerprint density at radius 1 is 1.06 bits per heavy atom. The molecule has 0 saturated carbocycles. The molecule has 1 aromatic heterocycles. The first kappa shape index (κ1) is 27.2. The molecule has 0 aliphatic carbocycles. The van der Waals surface area contributed by atoms with Crippen molar-refractivity contribution < 1.29 is 23.8 Å². The van der Waals surface area contributed by atoms with Gasteiger partial charge in [0.25, 0.3) is 0 Å². The molecule has 0 unspecified atom stereocenters. The zero-order chi connectivity index (χ0) is 25.3. The first-order valence-corrected chi connectivity index (χ1v) is 11.5. The number of carbonyl (C=O) groups excluding carboxylic acids is 1. The normalized spacial score (nSPS) is 10.2. The van der Waals surface area contributed by atoms with Crippen molar-refractivity contribution in [3.63, 3.8) is 0 Å². The zero-order valence-electron chi connectivity index (χ0n) is 19.4. The first-order valence-electron chi connectivity index (χ1n) is 10.3. The Balaban J connectivity index is 0.00000129. The second-order valence-corrected chi connectivity index (χ2v) is 8.56. The van der Waals surface area contributed by atoms with Gasteiger partial charge in [-0.15, -0.1) is 0 Å². The van der Waals surface area contributed by atoms with Gasteiger partial charge in [-0.1, -0.05) is 47.6 Å². The van der Waals surface area contributed by atoms with Crippen LogP contribution in [0.5, 0.6) is 11.5 Å². The van der Waals surface area contributed by atoms with E-state index in [1.54, 1.807) is 62.4 Å². The Kier molecular flexibility index (Phi) is 10.4. The number of benzene rings is 2. The van der Waals surface area contributed by atoms with Gasteiger partial charge < -0.3 is 19.0 Å². The van der Waals surface area contributed by atoms with Gasteiger partial charge in [0.2, 0.25) is 5.78 Å². The lowest BCUT2D eigenvalue weighted by Gasteiger charge is -2.10. The fraction of sp³-hybridized carbons (Fsp3) is 0.240. The molecule has 180 valence electrons. The number of methoxy groups -OCH3 is 2. The van der Waals surface area contributed by atoms with Crippen LogP contribution in [0.25, 0.3) is 11.3 Å². The summed E-state index contributed by atoms with van der Waals surface area (Å²) in [7, 11) is 3.03. The number of aliphatic hydroxyl groups excluding tert-OH is 1. The Morgan fingerprint density at radius 2 is 1.62 bits per heavy atom. The van der Waals surface area contributed by atoms with Crippen molar-refractivity contribution in [3.05, 3.63) is 70.4 Å². The Labute approximate surface area is 208 Å². The third kappa shape index (κ3) is 7.21. The van der Waals surface area contributed by atoms with Crippen LogP contribution in [0.1, 0.15) is 35.5 Å². The third-order valence-corrected chi connectivity index (χ3v) is 5.57. The van der Waals surface area contributed by atoms with E-state index in [-0.39, 0.29) is 24.6 Å². The number of Topliss-reactive ketones (excluding diaryl/α,β-unsaturated/α-hetero) is 1. The quantitative estimate of drug-likeness (QED) is 0.204. The second-order valence-electron chi connectivity index (χ2n) is 6.96. The van der Waals surface area contributed by atoms with E-state index in [9.17, 15) is 4.79 Å². The van der Waals surface area contributed by atoms with Gasteiger partial charge in [0.05, 0.1) is 19.3 Å². The van der Waals surface area contributed by atoms with Gasteiger partial charge >= 0.3 is 0 Å². The van der Waals surface area contributed by atoms with Crippen LogP contribution in [0.15, 0.2) is 52.9 Å². The lowest BCUT2D eigenvalue weighted by atomic mass is 10.1. The molecule has 3 N–H and O–H groups in total. The number of ketones is 1. The van der Waals surface area contributed by atoms with E-state index >= 15 is 0 Å². The monoisotopic (exact) mass is 502 g/mol. The van der Waals surface area contributed by atoms with E-state index in [2.05, 4.69) is 0 Å². The third-order valence-electron chi connectivity index (χ3n) is 4.45. The molecule has 3 rings (SSSR count). The van der Waals surface area contributed by atoms with Crippen LogP contribution in [-0.4, -0.2) is 41.8 Å². The van der Waals surface area contributed by atoms with Crippen LogP contribution in [0.4, 0.5) is 0 Å². The van der Waals surface area contributed by atoms with Crippen molar-refractivity contribution in [1.82, 2.24) is 0 Å². The summed E-state index contributed by atoms with van der Waals surface area (Å²) in [5.74, 6) is 1.48. The van der Waals surface area contributed by atoms with E-state index in [4.69, 9.17) is 41.4 Å². The first-order chi connectivity index (χ1) is 16.2. The van der Waals surface area contributed by atoms with E-state index in [1.807, 2.05) is 0 Å². The summed E-state index contributed by atoms with van der Waals surface area (Å²) in [6.45, 7) is 3.57. The molecule has 3 aromatic rings. The van der Waals surface area contributed by atoms with Crippen molar-refractivity contribution in [2.45, 2.75) is 20.3 Å². The highest BCUT2D eigenvalue weighted by Gasteiger charge is 2.17. The smallest absolute Gasteiger partial charge is 0.202 e. The van der Waals surface area contributed by atoms with Crippen LogP contribution in [-0.2, 0) is 6.42 Å². The lowest BCUT2D eigenvalue weighted by molar-refractivity contribution is 0.0967. The largest absolute Gasteiger partial charge is 0.495 e. The van der Waals surface area contributed by atoms with Gasteiger partial charge in [-0.2, -0.15) is 0 Å². The predicted molar refractivity (Wildman–Crippen MR) is 137 cm³/mol. The van der Waals surface area contributed by atoms with Gasteiger partial charge in [-0.25, -0.2) is 0 Å². The van der Waals surface area contributed by atoms with Crippen molar-refractivity contribution in [2.75, 3.05) is 20.8 Å². The minimum absolute atomic E-state index is 0.160. The maximum atomic E-state index is 12.7. The molecule has 0 bridgehead atoms. The van der Waals surface area contributed by atoms with Gasteiger partial charge in [0.1, 0.15) is 27.3 Å². The van der Waals surface area contributed by atoms with Crippen LogP contribution >= 0.6 is 23.4 Å². The number of hydrogen-bond donors (Lipinski definition) is 3. The molecule has 0 radical (unpaired) electrons. The van der Waals surface area contributed by atoms with Crippen LogP contribution in [0, 0.1) is 10.8 Å². The standard InChI is InChI=1S/C23H21ClN2O4S.C2H6O/c1-13(25)31-23(26)15-6-4-14(5-7-15)10-17(27)19-9-8-18(30-19)16-11-20(28-2)22(24)21(12-16)29-3;1-2-3/h4-9,11-12,25-26H,10H2,1-3H3;3H,2H2,1H3. The van der Waals surface area contributed by atoms with Gasteiger partial charge in [-0.3, -0.25) is 15.6 Å². The summed E-state index contributed by atoms with van der Waals surface area (Å²) in [4.78, 5) is 12.7. The zero-order valence-corrected chi connectivity index (χ0v) is 21.0. The molecule has 34 heavy (non-hydrogen) atoms. The van der Waals surface area contributed by atoms with E-state index in [0.717, 1.165) is 17.3 Å². The highest BCUT2D eigenvalue weighted by atomic mass is 35.5. The number of ether oxygens (including phenoxy) is 2. The summed E-state index contributed by atoms with van der Waals surface area (Å²) >= 11 is 7.30. The summed E-state index contributed by atoms with van der Waals surface area (Å²) in [6, 6.07) is 14.0. The number of carbonyl (C=O) groups is 1. The molecular weight excluding hydrogens is 476 g/mol. The maximum absolute atomic E-state index is 12.7. The van der Waals surface area contributed by atoms with Crippen molar-refractivity contribution in [1.29, 1.82) is 10.8 Å². The lowest BCUT2D eigenvalue weighted by Crippen LogP contribution is -2.03. The summed E-state index contributed by atoms with van der Waals surface area (Å²) in [5.41, 5.74) is 2.20. The molecule has 0 saturated heterocycles. The molecule has 0 aliphatic heterocycles. The highest BCUT2D eigenvalue weighted by molar-refractivity contribution is 8.26. The minimum atomic E-state index is -0.160. The van der Waals surface area contributed by atoms with Crippen molar-refractivity contribution in [3.8, 4) is 22.8 Å². The molecule has 0 spiro atoms. The Bertz CT molecular complexity index is 1130. The molecule has 0 atom stereocenters. The summed E-state index contributed by atoms with van der Waals surface area (Å²) < 4.78 is 16.3. The summed E-state index contributed by atoms with van der Waals surface area (Å²) in [6.07, 6.45) is 0.171. The number of hydrogen-bond acceptors (Lipinski definition) is 8. The summed E-state index contributed by atoms with van der Waals surface area (Å²) in [5, 5.41) is 24.0. The minimum Gasteiger partial charge on any atom is -0.495 e. The van der Waals surface area contributed by atoms with Gasteiger partial charge in [0, 0.05) is 24.2 Å². The molecule has 1 heterocycles. The molecule has 9 heteroatoms. The molecule has 0 aliphatic rings. The van der Waals surface area contributed by atoms with Crippen LogP contribution in [0.2, 0.25) is 5.02 Å². The number of halogens is 1. The maximum Gasteiger partial charge on any atom is 0.202 e. The molecule has 0 fully saturated rings. The molecule has 2 aromatic carbocycles. The van der Waals surface area contributed by atoms with Crippen LogP contribution < -0.4 is 9.47 Å². The average molecular weight is 503 g/mol.